The highest BCUT2D eigenvalue weighted by molar-refractivity contribution is 9.10. The number of nitrogens with two attached hydrogens (primary N) is 1. The number of fused-ring (bicyclic) bond motifs is 1. The Morgan fingerprint density at radius 3 is 3.06 bits per heavy atom. The molecule has 6 heteroatoms. The highest BCUT2D eigenvalue weighted by Gasteiger charge is 2.17. The van der Waals surface area contributed by atoms with Crippen molar-refractivity contribution in [3.63, 3.8) is 0 Å². The van der Waals surface area contributed by atoms with Gasteiger partial charge in [-0.15, -0.1) is 0 Å². The summed E-state index contributed by atoms with van der Waals surface area (Å²) in [4.78, 5) is 16.0. The van der Waals surface area contributed by atoms with Gasteiger partial charge in [-0.05, 0) is 25.1 Å². The number of nitrogens with zero attached hydrogens (tertiary/aromatic N) is 2. The number of aromatic nitrogens is 2. The lowest BCUT2D eigenvalue weighted by molar-refractivity contribution is 0.0597. The molecule has 0 fully saturated rings. The van der Waals surface area contributed by atoms with Crippen LogP contribution in [0.25, 0.3) is 5.52 Å². The fourth-order valence-corrected chi connectivity index (χ4v) is 2.14. The normalized spacial score (nSPS) is 10.8. The minimum atomic E-state index is -0.426. The lowest BCUT2D eigenvalue weighted by atomic mass is 10.3. The Balaban J connectivity index is 2.56. The second-order valence-electron chi connectivity index (χ2n) is 3.86. The van der Waals surface area contributed by atoms with Crippen LogP contribution in [0.4, 0.5) is 0 Å². The third-order valence-corrected chi connectivity index (χ3v) is 3.16. The number of carbonyl (C=O) groups is 1. The number of hydrogen-bond donors (Lipinski definition) is 1. The standard InChI is InChI=1S/C12H14BrN3O2/c1-18-12(17)11-9-7-8(13)4-6-16(9)10(15-11)3-2-5-14/h4,6-7H,2-3,5,14H2,1H3. The van der Waals surface area contributed by atoms with Crippen LogP contribution in [0.15, 0.2) is 22.8 Å². The van der Waals surface area contributed by atoms with Gasteiger partial charge in [0.25, 0.3) is 0 Å². The average molecular weight is 312 g/mol. The van der Waals surface area contributed by atoms with Crippen LogP contribution >= 0.6 is 15.9 Å². The number of esters is 1. The number of hydrogen-bond acceptors (Lipinski definition) is 4. The molecule has 0 aromatic carbocycles. The number of imidazole rings is 1. The molecule has 2 aromatic heterocycles. The number of carbonyl (C=O) groups excluding carboxylic acids is 1. The lowest BCUT2D eigenvalue weighted by Crippen LogP contribution is -2.04. The van der Waals surface area contributed by atoms with Crippen molar-refractivity contribution in [3.8, 4) is 0 Å². The molecule has 96 valence electrons. The van der Waals surface area contributed by atoms with Gasteiger partial charge in [-0.3, -0.25) is 0 Å². The van der Waals surface area contributed by atoms with E-state index in [9.17, 15) is 4.79 Å². The molecule has 0 saturated heterocycles. The summed E-state index contributed by atoms with van der Waals surface area (Å²) in [5.74, 6) is 0.396. The van der Waals surface area contributed by atoms with Gasteiger partial charge < -0.3 is 14.9 Å². The van der Waals surface area contributed by atoms with Crippen LogP contribution in [-0.2, 0) is 11.2 Å². The van der Waals surface area contributed by atoms with Crippen LogP contribution in [-0.4, -0.2) is 29.0 Å². The van der Waals surface area contributed by atoms with Crippen LogP contribution in [0.2, 0.25) is 0 Å². The molecule has 0 aliphatic rings. The Kier molecular flexibility index (Phi) is 3.98. The van der Waals surface area contributed by atoms with Gasteiger partial charge in [-0.25, -0.2) is 9.78 Å². The Bertz CT molecular complexity index is 580. The fraction of sp³-hybridized carbons (Fsp3) is 0.333. The molecule has 2 N–H and O–H groups in total. The van der Waals surface area contributed by atoms with Crippen molar-refractivity contribution in [1.29, 1.82) is 0 Å². The van der Waals surface area contributed by atoms with E-state index in [-0.39, 0.29) is 0 Å². The van der Waals surface area contributed by atoms with E-state index in [0.717, 1.165) is 28.7 Å². The van der Waals surface area contributed by atoms with Gasteiger partial charge in [0.1, 0.15) is 5.82 Å². The highest BCUT2D eigenvalue weighted by atomic mass is 79.9. The molecule has 2 rings (SSSR count). The van der Waals surface area contributed by atoms with E-state index in [2.05, 4.69) is 20.9 Å². The summed E-state index contributed by atoms with van der Waals surface area (Å²) in [5, 5.41) is 0. The molecular formula is C12H14BrN3O2. The fourth-order valence-electron chi connectivity index (χ4n) is 1.81. The smallest absolute Gasteiger partial charge is 0.358 e. The van der Waals surface area contributed by atoms with Gasteiger partial charge in [0.15, 0.2) is 5.69 Å². The van der Waals surface area contributed by atoms with E-state index in [0.29, 0.717) is 12.2 Å². The van der Waals surface area contributed by atoms with Crippen molar-refractivity contribution in [2.45, 2.75) is 12.8 Å². The quantitative estimate of drug-likeness (QED) is 0.874. The first-order valence-corrected chi connectivity index (χ1v) is 6.41. The molecule has 5 nitrogen and oxygen atoms in total. The number of halogens is 1. The van der Waals surface area contributed by atoms with Crippen molar-refractivity contribution in [2.24, 2.45) is 5.73 Å². The molecule has 0 aliphatic carbocycles. The largest absolute Gasteiger partial charge is 0.464 e. The maximum Gasteiger partial charge on any atom is 0.358 e. The van der Waals surface area contributed by atoms with Crippen molar-refractivity contribution >= 4 is 27.4 Å². The first kappa shape index (κ1) is 13.0. The summed E-state index contributed by atoms with van der Waals surface area (Å²) in [6, 6.07) is 3.76. The zero-order valence-corrected chi connectivity index (χ0v) is 11.6. The van der Waals surface area contributed by atoms with Crippen molar-refractivity contribution in [2.75, 3.05) is 13.7 Å². The summed E-state index contributed by atoms with van der Waals surface area (Å²) < 4.78 is 7.54. The molecular weight excluding hydrogens is 298 g/mol. The molecule has 18 heavy (non-hydrogen) atoms. The monoisotopic (exact) mass is 311 g/mol. The zero-order valence-electron chi connectivity index (χ0n) is 10.0. The van der Waals surface area contributed by atoms with Crippen LogP contribution < -0.4 is 5.73 Å². The van der Waals surface area contributed by atoms with Crippen LogP contribution in [0.3, 0.4) is 0 Å². The van der Waals surface area contributed by atoms with E-state index in [4.69, 9.17) is 10.5 Å². The summed E-state index contributed by atoms with van der Waals surface area (Å²) in [5.41, 5.74) is 6.58. The molecule has 0 radical (unpaired) electrons. The highest BCUT2D eigenvalue weighted by Crippen LogP contribution is 2.20. The second-order valence-corrected chi connectivity index (χ2v) is 4.78. The van der Waals surface area contributed by atoms with Crippen molar-refractivity contribution in [1.82, 2.24) is 9.38 Å². The van der Waals surface area contributed by atoms with E-state index >= 15 is 0 Å². The minimum absolute atomic E-state index is 0.339. The van der Waals surface area contributed by atoms with Gasteiger partial charge in [0.2, 0.25) is 0 Å². The Labute approximate surface area is 113 Å². The lowest BCUT2D eigenvalue weighted by Gasteiger charge is -2.00. The van der Waals surface area contributed by atoms with Crippen LogP contribution in [0.5, 0.6) is 0 Å². The van der Waals surface area contributed by atoms with Gasteiger partial charge in [0, 0.05) is 17.1 Å². The number of aryl methyl sites for hydroxylation is 1. The van der Waals surface area contributed by atoms with E-state index in [1.165, 1.54) is 7.11 Å². The summed E-state index contributed by atoms with van der Waals surface area (Å²) in [6.07, 6.45) is 3.44. The number of rotatable bonds is 4. The van der Waals surface area contributed by atoms with Crippen molar-refractivity contribution < 1.29 is 9.53 Å². The molecule has 0 aliphatic heterocycles. The van der Waals surface area contributed by atoms with E-state index in [1.54, 1.807) is 0 Å². The molecule has 0 unspecified atom stereocenters. The summed E-state index contributed by atoms with van der Waals surface area (Å²) in [6.45, 7) is 0.596. The number of ether oxygens (including phenoxy) is 1. The molecule has 2 aromatic rings. The third-order valence-electron chi connectivity index (χ3n) is 2.66. The van der Waals surface area contributed by atoms with Gasteiger partial charge in [-0.1, -0.05) is 15.9 Å². The van der Waals surface area contributed by atoms with Gasteiger partial charge >= 0.3 is 5.97 Å². The van der Waals surface area contributed by atoms with E-state index < -0.39 is 5.97 Å². The Hall–Kier alpha value is -1.40. The predicted molar refractivity (Wildman–Crippen MR) is 71.6 cm³/mol. The Morgan fingerprint density at radius 1 is 1.61 bits per heavy atom. The molecule has 0 saturated carbocycles. The molecule has 0 amide bonds. The molecule has 0 spiro atoms. The molecule has 0 atom stereocenters. The summed E-state index contributed by atoms with van der Waals surface area (Å²) in [7, 11) is 1.35. The van der Waals surface area contributed by atoms with Crippen LogP contribution in [0.1, 0.15) is 22.7 Å². The van der Waals surface area contributed by atoms with Crippen LogP contribution in [0, 0.1) is 0 Å². The third kappa shape index (κ3) is 2.39. The van der Waals surface area contributed by atoms with E-state index in [1.807, 2.05) is 22.7 Å². The van der Waals surface area contributed by atoms with Crippen molar-refractivity contribution in [3.05, 3.63) is 34.3 Å². The number of methoxy groups -OCH3 is 1. The maximum atomic E-state index is 11.7. The first-order valence-electron chi connectivity index (χ1n) is 5.62. The average Bonchev–Trinajstić information content (AvgIpc) is 2.73. The van der Waals surface area contributed by atoms with Gasteiger partial charge in [0.05, 0.1) is 12.6 Å². The molecule has 0 bridgehead atoms. The minimum Gasteiger partial charge on any atom is -0.464 e. The first-order chi connectivity index (χ1) is 8.67. The molecule has 2 heterocycles. The SMILES string of the molecule is COC(=O)c1nc(CCCN)n2ccc(Br)cc12. The predicted octanol–water partition coefficient (Wildman–Crippen LogP) is 1.77. The second kappa shape index (κ2) is 5.49. The van der Waals surface area contributed by atoms with Gasteiger partial charge in [-0.2, -0.15) is 0 Å². The Morgan fingerprint density at radius 2 is 2.39 bits per heavy atom. The summed E-state index contributed by atoms with van der Waals surface area (Å²) >= 11 is 3.39. The maximum absolute atomic E-state index is 11.7. The number of pyridine rings is 1. The zero-order chi connectivity index (χ0) is 13.1. The topological polar surface area (TPSA) is 69.6 Å².